The molecule has 56 heavy (non-hydrogen) atoms. The maximum absolute atomic E-state index is 12.8. The molecular weight excluding hydrogens is 741 g/mol. The summed E-state index contributed by atoms with van der Waals surface area (Å²) in [6, 6.07) is 0. The van der Waals surface area contributed by atoms with Gasteiger partial charge in [-0.15, -0.1) is 0 Å². The Kier molecular flexibility index (Phi) is 34.1. The summed E-state index contributed by atoms with van der Waals surface area (Å²) in [6.45, 7) is 4.02. The summed E-state index contributed by atoms with van der Waals surface area (Å²) in [5.74, 6) is -0.394. The number of aliphatic hydroxyl groups excluding tert-OH is 3. The highest BCUT2D eigenvalue weighted by atomic mass is 32.3. The molecule has 13 heteroatoms. The van der Waals surface area contributed by atoms with Gasteiger partial charge in [0.1, 0.15) is 30.5 Å². The van der Waals surface area contributed by atoms with Gasteiger partial charge in [0.15, 0.2) is 6.29 Å². The van der Waals surface area contributed by atoms with E-state index in [1.807, 2.05) is 0 Å². The Morgan fingerprint density at radius 2 is 1.02 bits per heavy atom. The average Bonchev–Trinajstić information content (AvgIpc) is 3.17. The number of hydrogen-bond donors (Lipinski definition) is 4. The Hall–Kier alpha value is -0.900. The molecule has 12 nitrogen and oxygen atoms in total. The normalized spacial score (nSPS) is 20.7. The van der Waals surface area contributed by atoms with Crippen molar-refractivity contribution in [3.63, 3.8) is 0 Å². The molecular formula is C43H84O12S. The summed E-state index contributed by atoms with van der Waals surface area (Å²) in [5, 5.41) is 30.6. The van der Waals surface area contributed by atoms with Crippen LogP contribution in [0.2, 0.25) is 0 Å². The number of unbranched alkanes of at least 4 members (excludes halogenated alkanes) is 27. The van der Waals surface area contributed by atoms with Gasteiger partial charge in [-0.1, -0.05) is 187 Å². The summed E-state index contributed by atoms with van der Waals surface area (Å²) in [5.41, 5.74) is 0. The molecule has 1 rings (SSSR count). The molecule has 4 N–H and O–H groups in total. The van der Waals surface area contributed by atoms with E-state index in [2.05, 4.69) is 18.0 Å². The fourth-order valence-electron chi connectivity index (χ4n) is 7.26. The molecule has 0 amide bonds. The van der Waals surface area contributed by atoms with E-state index in [1.165, 1.54) is 141 Å². The number of esters is 1. The van der Waals surface area contributed by atoms with Gasteiger partial charge in [0.25, 0.3) is 0 Å². The first kappa shape index (κ1) is 53.1. The molecule has 1 fully saturated rings. The second-order valence-electron chi connectivity index (χ2n) is 16.0. The Morgan fingerprint density at radius 3 is 1.43 bits per heavy atom. The molecule has 0 aromatic rings. The molecule has 1 heterocycles. The van der Waals surface area contributed by atoms with Crippen LogP contribution in [0.1, 0.15) is 206 Å². The van der Waals surface area contributed by atoms with Crippen molar-refractivity contribution < 1.29 is 56.2 Å². The van der Waals surface area contributed by atoms with Crippen LogP contribution < -0.4 is 0 Å². The minimum atomic E-state index is -5.05. The minimum absolute atomic E-state index is 0.0443. The highest BCUT2D eigenvalue weighted by Gasteiger charge is 2.48. The Balaban J connectivity index is 2.40. The molecule has 6 unspecified atom stereocenters. The van der Waals surface area contributed by atoms with Gasteiger partial charge < -0.3 is 34.3 Å². The van der Waals surface area contributed by atoms with Crippen LogP contribution in [-0.2, 0) is 38.3 Å². The second kappa shape index (κ2) is 36.0. The number of hydrogen-bond acceptors (Lipinski definition) is 11. The molecule has 1 aliphatic rings. The topological polar surface area (TPSA) is 178 Å². The third kappa shape index (κ3) is 29.3. The number of rotatable bonds is 40. The van der Waals surface area contributed by atoms with E-state index in [-0.39, 0.29) is 19.6 Å². The number of carbonyl (C=O) groups excluding carboxylic acids is 1. The van der Waals surface area contributed by atoms with Gasteiger partial charge >= 0.3 is 16.4 Å². The van der Waals surface area contributed by atoms with Crippen LogP contribution in [0.4, 0.5) is 0 Å². The van der Waals surface area contributed by atoms with E-state index in [4.69, 9.17) is 23.5 Å². The van der Waals surface area contributed by atoms with Crippen LogP contribution in [0.5, 0.6) is 0 Å². The molecule has 1 saturated heterocycles. The standard InChI is InChI=1S/C43H84O12S/c1-3-5-7-9-11-13-15-17-18-19-20-21-22-24-26-28-30-32-39(45)53-37(35-51-33-31-29-27-25-23-16-14-12-10-8-6-4-2)36-52-43-41(47)42(55-56(48,49)50)40(46)38(34-44)54-43/h37-38,40-44,46-47H,3-36H2,1-2H3,(H,48,49,50). The lowest BCUT2D eigenvalue weighted by molar-refractivity contribution is -0.301. The maximum Gasteiger partial charge on any atom is 0.397 e. The summed E-state index contributed by atoms with van der Waals surface area (Å²) >= 11 is 0. The van der Waals surface area contributed by atoms with Crippen LogP contribution in [0, 0.1) is 0 Å². The van der Waals surface area contributed by atoms with Gasteiger partial charge in [0.2, 0.25) is 0 Å². The monoisotopic (exact) mass is 825 g/mol. The second-order valence-corrected chi connectivity index (χ2v) is 17.1. The van der Waals surface area contributed by atoms with Gasteiger partial charge in [-0.05, 0) is 12.8 Å². The molecule has 0 spiro atoms. The average molecular weight is 825 g/mol. The summed E-state index contributed by atoms with van der Waals surface area (Å²) < 4.78 is 59.0. The molecule has 0 saturated carbocycles. The fraction of sp³-hybridized carbons (Fsp3) is 0.977. The first-order chi connectivity index (χ1) is 27.1. The molecule has 0 bridgehead atoms. The third-order valence-corrected chi connectivity index (χ3v) is 11.2. The van der Waals surface area contributed by atoms with Crippen molar-refractivity contribution in [1.82, 2.24) is 0 Å². The number of carbonyl (C=O) groups is 1. The van der Waals surface area contributed by atoms with Crippen molar-refractivity contribution in [1.29, 1.82) is 0 Å². The number of ether oxygens (including phenoxy) is 4. The molecule has 1 aliphatic heterocycles. The van der Waals surface area contributed by atoms with Gasteiger partial charge in [-0.25, -0.2) is 4.18 Å². The van der Waals surface area contributed by atoms with Crippen molar-refractivity contribution in [2.75, 3.05) is 26.4 Å². The van der Waals surface area contributed by atoms with E-state index in [9.17, 15) is 28.5 Å². The summed E-state index contributed by atoms with van der Waals surface area (Å²) in [6.07, 6.45) is 27.0. The molecule has 6 atom stereocenters. The molecule has 0 aromatic heterocycles. The van der Waals surface area contributed by atoms with E-state index in [1.54, 1.807) is 0 Å². The Bertz CT molecular complexity index is 999. The minimum Gasteiger partial charge on any atom is -0.457 e. The van der Waals surface area contributed by atoms with Gasteiger partial charge in [-0.3, -0.25) is 9.35 Å². The zero-order valence-corrected chi connectivity index (χ0v) is 36.3. The van der Waals surface area contributed by atoms with Crippen molar-refractivity contribution in [2.24, 2.45) is 0 Å². The van der Waals surface area contributed by atoms with E-state index in [0.717, 1.165) is 38.5 Å². The largest absolute Gasteiger partial charge is 0.457 e. The third-order valence-electron chi connectivity index (χ3n) is 10.7. The Morgan fingerprint density at radius 1 is 0.607 bits per heavy atom. The molecule has 334 valence electrons. The lowest BCUT2D eigenvalue weighted by atomic mass is 9.99. The van der Waals surface area contributed by atoms with Gasteiger partial charge in [0, 0.05) is 13.0 Å². The van der Waals surface area contributed by atoms with Gasteiger partial charge in [-0.2, -0.15) is 8.42 Å². The van der Waals surface area contributed by atoms with E-state index < -0.39 is 59.8 Å². The van der Waals surface area contributed by atoms with Crippen LogP contribution in [-0.4, -0.2) is 97.5 Å². The zero-order chi connectivity index (χ0) is 41.1. The Labute approximate surface area is 341 Å². The van der Waals surface area contributed by atoms with Crippen LogP contribution in [0.25, 0.3) is 0 Å². The number of aliphatic hydroxyl groups is 3. The summed E-state index contributed by atoms with van der Waals surface area (Å²) in [4.78, 5) is 12.8. The van der Waals surface area contributed by atoms with Crippen molar-refractivity contribution in [3.05, 3.63) is 0 Å². The lowest BCUT2D eigenvalue weighted by Crippen LogP contribution is -2.60. The predicted octanol–water partition coefficient (Wildman–Crippen LogP) is 9.30. The van der Waals surface area contributed by atoms with Crippen LogP contribution in [0.3, 0.4) is 0 Å². The fourth-order valence-corrected chi connectivity index (χ4v) is 7.77. The van der Waals surface area contributed by atoms with Crippen molar-refractivity contribution >= 4 is 16.4 Å². The van der Waals surface area contributed by atoms with Crippen LogP contribution >= 0.6 is 0 Å². The van der Waals surface area contributed by atoms with E-state index in [0.29, 0.717) is 13.0 Å². The first-order valence-electron chi connectivity index (χ1n) is 22.8. The molecule has 0 aliphatic carbocycles. The summed E-state index contributed by atoms with van der Waals surface area (Å²) in [7, 11) is -5.05. The first-order valence-corrected chi connectivity index (χ1v) is 24.2. The van der Waals surface area contributed by atoms with Crippen LogP contribution in [0.15, 0.2) is 0 Å². The maximum atomic E-state index is 12.8. The van der Waals surface area contributed by atoms with E-state index >= 15 is 0 Å². The quantitative estimate of drug-likeness (QED) is 0.0262. The smallest absolute Gasteiger partial charge is 0.397 e. The highest BCUT2D eigenvalue weighted by molar-refractivity contribution is 7.80. The molecule has 0 aromatic carbocycles. The van der Waals surface area contributed by atoms with Crippen molar-refractivity contribution in [2.45, 2.75) is 243 Å². The zero-order valence-electron chi connectivity index (χ0n) is 35.5. The van der Waals surface area contributed by atoms with Gasteiger partial charge in [0.05, 0.1) is 19.8 Å². The molecule has 0 radical (unpaired) electrons. The van der Waals surface area contributed by atoms with Crippen molar-refractivity contribution in [3.8, 4) is 0 Å². The SMILES string of the molecule is CCCCCCCCCCCCCCCCCCCC(=O)OC(COCCCCCCCCCCCCCC)COC1OC(CO)C(O)C(OS(=O)(=O)O)C1O. The highest BCUT2D eigenvalue weighted by Crippen LogP contribution is 2.26. The lowest BCUT2D eigenvalue weighted by Gasteiger charge is -2.41. The predicted molar refractivity (Wildman–Crippen MR) is 221 cm³/mol.